The average Bonchev–Trinajstić information content (AvgIpc) is 2.35. The largest absolute Gasteiger partial charge is 0.481 e. The minimum absolute atomic E-state index is 0.124. The summed E-state index contributed by atoms with van der Waals surface area (Å²) in [5, 5.41) is 11.6. The van der Waals surface area contributed by atoms with E-state index < -0.39 is 11.9 Å². The summed E-state index contributed by atoms with van der Waals surface area (Å²) in [5.74, 6) is -1.62. The first-order valence-corrected chi connectivity index (χ1v) is 6.96. The molecule has 1 aromatic rings. The van der Waals surface area contributed by atoms with Crippen molar-refractivity contribution in [3.05, 3.63) is 34.3 Å². The number of amides is 1. The third kappa shape index (κ3) is 5.42. The maximum atomic E-state index is 11.7. The molecule has 0 aliphatic rings. The van der Waals surface area contributed by atoms with Gasteiger partial charge in [-0.15, -0.1) is 0 Å². The molecule has 0 aromatic heterocycles. The Balaban J connectivity index is 2.42. The molecular weight excluding hydrogens is 310 g/mol. The lowest BCUT2D eigenvalue weighted by Gasteiger charge is -2.17. The van der Waals surface area contributed by atoms with E-state index in [0.717, 1.165) is 10.0 Å². The number of benzene rings is 1. The lowest BCUT2D eigenvalue weighted by atomic mass is 10.0. The third-order valence-electron chi connectivity index (χ3n) is 3.06. The van der Waals surface area contributed by atoms with Crippen LogP contribution in [-0.4, -0.2) is 23.0 Å². The van der Waals surface area contributed by atoms with E-state index in [2.05, 4.69) is 21.2 Å². The summed E-state index contributed by atoms with van der Waals surface area (Å²) in [7, 11) is 0. The van der Waals surface area contributed by atoms with Crippen LogP contribution in [0.3, 0.4) is 0 Å². The molecule has 0 bridgehead atoms. The molecule has 19 heavy (non-hydrogen) atoms. The van der Waals surface area contributed by atoms with Gasteiger partial charge in [0.15, 0.2) is 0 Å². The van der Waals surface area contributed by atoms with Crippen LogP contribution >= 0.6 is 15.9 Å². The summed E-state index contributed by atoms with van der Waals surface area (Å²) < 4.78 is 0.985. The third-order valence-corrected chi connectivity index (χ3v) is 3.55. The number of carboxylic acids is 1. The van der Waals surface area contributed by atoms with E-state index in [9.17, 15) is 9.59 Å². The monoisotopic (exact) mass is 327 g/mol. The van der Waals surface area contributed by atoms with Crippen LogP contribution in [-0.2, 0) is 16.0 Å². The van der Waals surface area contributed by atoms with Gasteiger partial charge in [0.25, 0.3) is 0 Å². The van der Waals surface area contributed by atoms with E-state index in [1.165, 1.54) is 0 Å². The zero-order valence-corrected chi connectivity index (χ0v) is 12.6. The maximum Gasteiger partial charge on any atom is 0.308 e. The van der Waals surface area contributed by atoms with Crippen molar-refractivity contribution in [2.24, 2.45) is 5.92 Å². The van der Waals surface area contributed by atoms with Gasteiger partial charge in [0, 0.05) is 16.9 Å². The van der Waals surface area contributed by atoms with Gasteiger partial charge in [-0.2, -0.15) is 0 Å². The lowest BCUT2D eigenvalue weighted by molar-refractivity contribution is -0.142. The number of carboxylic acid groups (broad SMARTS) is 1. The Labute approximate surface area is 121 Å². The first-order valence-electron chi connectivity index (χ1n) is 6.16. The zero-order chi connectivity index (χ0) is 14.4. The van der Waals surface area contributed by atoms with E-state index >= 15 is 0 Å². The Kier molecular flexibility index (Phi) is 6.02. The molecule has 0 saturated heterocycles. The van der Waals surface area contributed by atoms with Crippen LogP contribution < -0.4 is 5.32 Å². The van der Waals surface area contributed by atoms with Crippen molar-refractivity contribution >= 4 is 27.8 Å². The summed E-state index contributed by atoms with van der Waals surface area (Å²) in [6.45, 7) is 3.29. The van der Waals surface area contributed by atoms with Crippen LogP contribution in [0.15, 0.2) is 28.7 Å². The van der Waals surface area contributed by atoms with Crippen LogP contribution in [0, 0.1) is 5.92 Å². The predicted octanol–water partition coefficient (Wildman–Crippen LogP) is 2.61. The fourth-order valence-electron chi connectivity index (χ4n) is 1.62. The number of halogens is 1. The molecule has 2 unspecified atom stereocenters. The molecule has 0 saturated carbocycles. The fourth-order valence-corrected chi connectivity index (χ4v) is 2.06. The number of hydrogen-bond donors (Lipinski definition) is 2. The standard InChI is InChI=1S/C14H18BrNO3/c1-9(14(18)19)10(2)16-13(17)7-6-11-4-3-5-12(15)8-11/h3-5,8-10H,6-7H2,1-2H3,(H,16,17)(H,18,19). The Morgan fingerprint density at radius 3 is 2.63 bits per heavy atom. The number of nitrogens with one attached hydrogen (secondary N) is 1. The van der Waals surface area contributed by atoms with Gasteiger partial charge in [-0.05, 0) is 38.0 Å². The Morgan fingerprint density at radius 2 is 2.05 bits per heavy atom. The Bertz CT molecular complexity index is 462. The summed E-state index contributed by atoms with van der Waals surface area (Å²) in [5.41, 5.74) is 1.07. The molecule has 104 valence electrons. The molecule has 0 radical (unpaired) electrons. The first kappa shape index (κ1) is 15.7. The highest BCUT2D eigenvalue weighted by atomic mass is 79.9. The van der Waals surface area contributed by atoms with E-state index in [0.29, 0.717) is 12.8 Å². The number of carbonyl (C=O) groups excluding carboxylic acids is 1. The molecular formula is C14H18BrNO3. The van der Waals surface area contributed by atoms with Crippen LogP contribution in [0.4, 0.5) is 0 Å². The summed E-state index contributed by atoms with van der Waals surface area (Å²) in [6.07, 6.45) is 0.993. The minimum Gasteiger partial charge on any atom is -0.481 e. The second-order valence-electron chi connectivity index (χ2n) is 4.61. The van der Waals surface area contributed by atoms with Crippen molar-refractivity contribution in [3.63, 3.8) is 0 Å². The highest BCUT2D eigenvalue weighted by Gasteiger charge is 2.20. The van der Waals surface area contributed by atoms with E-state index in [-0.39, 0.29) is 11.9 Å². The molecule has 0 fully saturated rings. The van der Waals surface area contributed by atoms with E-state index in [4.69, 9.17) is 5.11 Å². The van der Waals surface area contributed by atoms with Crippen molar-refractivity contribution in [2.45, 2.75) is 32.7 Å². The van der Waals surface area contributed by atoms with Crippen LogP contribution in [0.25, 0.3) is 0 Å². The molecule has 0 heterocycles. The molecule has 0 spiro atoms. The van der Waals surface area contributed by atoms with E-state index in [1.54, 1.807) is 13.8 Å². The molecule has 2 atom stereocenters. The van der Waals surface area contributed by atoms with Crippen molar-refractivity contribution in [1.29, 1.82) is 0 Å². The van der Waals surface area contributed by atoms with Gasteiger partial charge in [-0.3, -0.25) is 9.59 Å². The van der Waals surface area contributed by atoms with Gasteiger partial charge in [0.05, 0.1) is 5.92 Å². The Hall–Kier alpha value is -1.36. The number of carbonyl (C=O) groups is 2. The molecule has 1 rings (SSSR count). The van der Waals surface area contributed by atoms with Gasteiger partial charge >= 0.3 is 5.97 Å². The van der Waals surface area contributed by atoms with Gasteiger partial charge in [-0.25, -0.2) is 0 Å². The molecule has 2 N–H and O–H groups in total. The number of hydrogen-bond acceptors (Lipinski definition) is 2. The van der Waals surface area contributed by atoms with Gasteiger partial charge in [0.2, 0.25) is 5.91 Å². The van der Waals surface area contributed by atoms with Gasteiger partial charge < -0.3 is 10.4 Å². The SMILES string of the molecule is CC(NC(=O)CCc1cccc(Br)c1)C(C)C(=O)O. The second-order valence-corrected chi connectivity index (χ2v) is 5.53. The van der Waals surface area contributed by atoms with Crippen LogP contribution in [0.2, 0.25) is 0 Å². The summed E-state index contributed by atoms with van der Waals surface area (Å²) in [4.78, 5) is 22.5. The molecule has 0 aliphatic carbocycles. The molecule has 4 nitrogen and oxygen atoms in total. The molecule has 5 heteroatoms. The quantitative estimate of drug-likeness (QED) is 0.844. The topological polar surface area (TPSA) is 66.4 Å². The number of aryl methyl sites for hydroxylation is 1. The highest BCUT2D eigenvalue weighted by molar-refractivity contribution is 9.10. The first-order chi connectivity index (χ1) is 8.90. The lowest BCUT2D eigenvalue weighted by Crippen LogP contribution is -2.40. The zero-order valence-electron chi connectivity index (χ0n) is 11.0. The normalized spacial score (nSPS) is 13.6. The fraction of sp³-hybridized carbons (Fsp3) is 0.429. The summed E-state index contributed by atoms with van der Waals surface area (Å²) >= 11 is 3.38. The highest BCUT2D eigenvalue weighted by Crippen LogP contribution is 2.13. The average molecular weight is 328 g/mol. The van der Waals surface area contributed by atoms with Crippen molar-refractivity contribution in [1.82, 2.24) is 5.32 Å². The van der Waals surface area contributed by atoms with E-state index in [1.807, 2.05) is 24.3 Å². The predicted molar refractivity (Wildman–Crippen MR) is 76.9 cm³/mol. The van der Waals surface area contributed by atoms with Crippen LogP contribution in [0.5, 0.6) is 0 Å². The summed E-state index contributed by atoms with van der Waals surface area (Å²) in [6, 6.07) is 7.41. The molecule has 1 amide bonds. The van der Waals surface area contributed by atoms with Gasteiger partial charge in [0.1, 0.15) is 0 Å². The minimum atomic E-state index is -0.903. The number of rotatable bonds is 6. The number of aliphatic carboxylic acids is 1. The Morgan fingerprint density at radius 1 is 1.37 bits per heavy atom. The molecule has 0 aliphatic heterocycles. The second kappa shape index (κ2) is 7.28. The van der Waals surface area contributed by atoms with Crippen molar-refractivity contribution in [2.75, 3.05) is 0 Å². The van der Waals surface area contributed by atoms with Crippen LogP contribution in [0.1, 0.15) is 25.8 Å². The maximum absolute atomic E-state index is 11.7. The smallest absolute Gasteiger partial charge is 0.308 e. The van der Waals surface area contributed by atoms with Gasteiger partial charge in [-0.1, -0.05) is 28.1 Å². The van der Waals surface area contributed by atoms with Crippen molar-refractivity contribution < 1.29 is 14.7 Å². The molecule has 1 aromatic carbocycles. The van der Waals surface area contributed by atoms with Crippen molar-refractivity contribution in [3.8, 4) is 0 Å².